The number of nitrogens with two attached hydrogens (primary N) is 1. The molecule has 5 heteroatoms. The van der Waals surface area contributed by atoms with E-state index in [2.05, 4.69) is 4.98 Å². The van der Waals surface area contributed by atoms with Gasteiger partial charge in [-0.25, -0.2) is 9.78 Å². The van der Waals surface area contributed by atoms with Crippen LogP contribution in [0.15, 0.2) is 24.7 Å². The summed E-state index contributed by atoms with van der Waals surface area (Å²) in [4.78, 5) is 14.4. The molecule has 2 rings (SSSR count). The minimum Gasteiger partial charge on any atom is -0.476 e. The average molecular weight is 177 g/mol. The molecule has 0 aliphatic heterocycles. The molecule has 2 heterocycles. The summed E-state index contributed by atoms with van der Waals surface area (Å²) in [6.07, 6.45) is 3.11. The normalized spacial score (nSPS) is 10.5. The summed E-state index contributed by atoms with van der Waals surface area (Å²) in [5, 5.41) is 8.75. The highest BCUT2D eigenvalue weighted by Gasteiger charge is 2.10. The van der Waals surface area contributed by atoms with Crippen LogP contribution in [0.25, 0.3) is 5.52 Å². The molecule has 0 saturated heterocycles. The molecule has 0 spiro atoms. The van der Waals surface area contributed by atoms with E-state index in [0.29, 0.717) is 11.2 Å². The van der Waals surface area contributed by atoms with Gasteiger partial charge in [-0.3, -0.25) is 0 Å². The van der Waals surface area contributed by atoms with Gasteiger partial charge < -0.3 is 15.2 Å². The van der Waals surface area contributed by atoms with Crippen molar-refractivity contribution < 1.29 is 9.90 Å². The highest BCUT2D eigenvalue weighted by molar-refractivity contribution is 5.93. The van der Waals surface area contributed by atoms with Crippen LogP contribution < -0.4 is 5.73 Å². The molecule has 0 unspecified atom stereocenters. The summed E-state index contributed by atoms with van der Waals surface area (Å²) in [5.41, 5.74) is 6.57. The van der Waals surface area contributed by atoms with Crippen molar-refractivity contribution in [1.29, 1.82) is 0 Å². The molecule has 0 radical (unpaired) electrons. The van der Waals surface area contributed by atoms with Crippen LogP contribution in [0.4, 0.5) is 5.69 Å². The number of aromatic nitrogens is 2. The third-order valence-electron chi connectivity index (χ3n) is 1.77. The topological polar surface area (TPSA) is 80.6 Å². The number of nitrogen functional groups attached to an aromatic ring is 1. The fourth-order valence-electron chi connectivity index (χ4n) is 1.17. The lowest BCUT2D eigenvalue weighted by atomic mass is 10.3. The van der Waals surface area contributed by atoms with Crippen molar-refractivity contribution in [3.8, 4) is 0 Å². The fraction of sp³-hybridized carbons (Fsp3) is 0. The lowest BCUT2D eigenvalue weighted by molar-refractivity contribution is 0.0693. The molecule has 66 valence electrons. The Balaban J connectivity index is 2.79. The summed E-state index contributed by atoms with van der Waals surface area (Å²) in [6, 6.07) is 3.26. The molecular weight excluding hydrogens is 170 g/mol. The fourth-order valence-corrected chi connectivity index (χ4v) is 1.17. The number of carboxylic acid groups (broad SMARTS) is 1. The van der Waals surface area contributed by atoms with Gasteiger partial charge in [-0.05, 0) is 12.1 Å². The number of rotatable bonds is 1. The molecular formula is C8H7N3O2. The lowest BCUT2D eigenvalue weighted by Gasteiger charge is -1.95. The number of carboxylic acids is 1. The van der Waals surface area contributed by atoms with Gasteiger partial charge in [0.2, 0.25) is 0 Å². The van der Waals surface area contributed by atoms with Gasteiger partial charge in [0.05, 0.1) is 5.52 Å². The Morgan fingerprint density at radius 2 is 2.38 bits per heavy atom. The quantitative estimate of drug-likeness (QED) is 0.668. The Morgan fingerprint density at radius 1 is 1.62 bits per heavy atom. The zero-order valence-corrected chi connectivity index (χ0v) is 6.64. The minimum absolute atomic E-state index is 0.0206. The predicted molar refractivity (Wildman–Crippen MR) is 46.6 cm³/mol. The monoisotopic (exact) mass is 177 g/mol. The van der Waals surface area contributed by atoms with Crippen LogP contribution in [-0.2, 0) is 0 Å². The standard InChI is InChI=1S/C8H7N3O2/c9-5-1-2-11-4-10-7(8(12)13)6(11)3-5/h1-4H,9H2,(H,12,13). The van der Waals surface area contributed by atoms with Crippen molar-refractivity contribution in [2.45, 2.75) is 0 Å². The summed E-state index contributed by atoms with van der Waals surface area (Å²) in [5.74, 6) is -1.05. The maximum atomic E-state index is 10.7. The summed E-state index contributed by atoms with van der Waals surface area (Å²) in [7, 11) is 0. The molecule has 3 N–H and O–H groups in total. The Labute approximate surface area is 73.4 Å². The Kier molecular flexibility index (Phi) is 1.45. The molecule has 0 aromatic carbocycles. The number of hydrogen-bond acceptors (Lipinski definition) is 3. The number of aromatic carboxylic acids is 1. The molecule has 0 aliphatic carbocycles. The first-order valence-electron chi connectivity index (χ1n) is 3.64. The second-order valence-electron chi connectivity index (χ2n) is 2.65. The molecule has 13 heavy (non-hydrogen) atoms. The van der Waals surface area contributed by atoms with E-state index in [0.717, 1.165) is 0 Å². The highest BCUT2D eigenvalue weighted by atomic mass is 16.4. The van der Waals surface area contributed by atoms with Gasteiger partial charge in [-0.1, -0.05) is 0 Å². The number of pyridine rings is 1. The number of anilines is 1. The van der Waals surface area contributed by atoms with Crippen LogP contribution in [0.1, 0.15) is 10.5 Å². The van der Waals surface area contributed by atoms with Gasteiger partial charge in [-0.15, -0.1) is 0 Å². The number of nitrogens with zero attached hydrogens (tertiary/aromatic N) is 2. The first-order valence-corrected chi connectivity index (χ1v) is 3.64. The van der Waals surface area contributed by atoms with Gasteiger partial charge in [0, 0.05) is 11.9 Å². The van der Waals surface area contributed by atoms with Crippen molar-refractivity contribution in [1.82, 2.24) is 9.38 Å². The van der Waals surface area contributed by atoms with Crippen LogP contribution in [0.2, 0.25) is 0 Å². The molecule has 0 fully saturated rings. The van der Waals surface area contributed by atoms with Crippen molar-refractivity contribution in [3.05, 3.63) is 30.4 Å². The lowest BCUT2D eigenvalue weighted by Crippen LogP contribution is -1.97. The van der Waals surface area contributed by atoms with Crippen LogP contribution >= 0.6 is 0 Å². The molecule has 0 atom stereocenters. The zero-order valence-electron chi connectivity index (χ0n) is 6.64. The Morgan fingerprint density at radius 3 is 3.08 bits per heavy atom. The second kappa shape index (κ2) is 2.48. The number of carbonyl (C=O) groups is 1. The number of imidazole rings is 1. The third-order valence-corrected chi connectivity index (χ3v) is 1.77. The summed E-state index contributed by atoms with van der Waals surface area (Å²) >= 11 is 0. The van der Waals surface area contributed by atoms with E-state index in [1.54, 1.807) is 22.7 Å². The molecule has 0 bridgehead atoms. The molecule has 2 aromatic heterocycles. The van der Waals surface area contributed by atoms with Gasteiger partial charge >= 0.3 is 5.97 Å². The average Bonchev–Trinajstić information content (AvgIpc) is 2.46. The summed E-state index contributed by atoms with van der Waals surface area (Å²) < 4.78 is 1.61. The van der Waals surface area contributed by atoms with Gasteiger partial charge in [0.25, 0.3) is 0 Å². The highest BCUT2D eigenvalue weighted by Crippen LogP contribution is 2.12. The van der Waals surface area contributed by atoms with Crippen LogP contribution in [0, 0.1) is 0 Å². The molecule has 2 aromatic rings. The van der Waals surface area contributed by atoms with E-state index in [1.807, 2.05) is 0 Å². The third kappa shape index (κ3) is 1.10. The van der Waals surface area contributed by atoms with E-state index in [1.165, 1.54) is 6.33 Å². The molecule has 5 nitrogen and oxygen atoms in total. The molecule has 0 saturated carbocycles. The van der Waals surface area contributed by atoms with Gasteiger partial charge in [-0.2, -0.15) is 0 Å². The minimum atomic E-state index is -1.05. The molecule has 0 aliphatic rings. The van der Waals surface area contributed by atoms with E-state index >= 15 is 0 Å². The first kappa shape index (κ1) is 7.60. The van der Waals surface area contributed by atoms with Crippen LogP contribution in [0.5, 0.6) is 0 Å². The first-order chi connectivity index (χ1) is 6.18. The van der Waals surface area contributed by atoms with Crippen molar-refractivity contribution in [2.75, 3.05) is 5.73 Å². The van der Waals surface area contributed by atoms with Gasteiger partial charge in [0.1, 0.15) is 6.33 Å². The van der Waals surface area contributed by atoms with E-state index in [-0.39, 0.29) is 5.69 Å². The Bertz CT molecular complexity index is 475. The van der Waals surface area contributed by atoms with Gasteiger partial charge in [0.15, 0.2) is 5.69 Å². The Hall–Kier alpha value is -2.04. The number of hydrogen-bond donors (Lipinski definition) is 2. The second-order valence-corrected chi connectivity index (χ2v) is 2.65. The van der Waals surface area contributed by atoms with Crippen molar-refractivity contribution >= 4 is 17.2 Å². The predicted octanol–water partition coefficient (Wildman–Crippen LogP) is 0.615. The van der Waals surface area contributed by atoms with E-state index in [4.69, 9.17) is 10.8 Å². The van der Waals surface area contributed by atoms with E-state index < -0.39 is 5.97 Å². The maximum absolute atomic E-state index is 10.7. The maximum Gasteiger partial charge on any atom is 0.356 e. The molecule has 0 amide bonds. The smallest absolute Gasteiger partial charge is 0.356 e. The van der Waals surface area contributed by atoms with E-state index in [9.17, 15) is 4.79 Å². The van der Waals surface area contributed by atoms with Crippen molar-refractivity contribution in [2.24, 2.45) is 0 Å². The number of fused-ring (bicyclic) bond motifs is 1. The zero-order chi connectivity index (χ0) is 9.42. The van der Waals surface area contributed by atoms with Crippen LogP contribution in [0.3, 0.4) is 0 Å². The summed E-state index contributed by atoms with van der Waals surface area (Å²) in [6.45, 7) is 0. The van der Waals surface area contributed by atoms with Crippen molar-refractivity contribution in [3.63, 3.8) is 0 Å². The van der Waals surface area contributed by atoms with Crippen LogP contribution in [-0.4, -0.2) is 20.5 Å². The SMILES string of the molecule is Nc1ccn2cnc(C(=O)O)c2c1. The largest absolute Gasteiger partial charge is 0.476 e.